The topological polar surface area (TPSA) is 85.7 Å². The number of rotatable bonds is 9. The van der Waals surface area contributed by atoms with E-state index in [-0.39, 0.29) is 30.9 Å². The number of aromatic nitrogens is 2. The van der Waals surface area contributed by atoms with E-state index < -0.39 is 17.9 Å². The highest BCUT2D eigenvalue weighted by molar-refractivity contribution is 5.89. The van der Waals surface area contributed by atoms with Crippen molar-refractivity contribution in [3.8, 4) is 0 Å². The van der Waals surface area contributed by atoms with E-state index in [1.165, 1.54) is 28.7 Å². The van der Waals surface area contributed by atoms with Crippen molar-refractivity contribution in [3.63, 3.8) is 0 Å². The molecule has 3 aromatic rings. The molecule has 2 amide bonds. The zero-order valence-corrected chi connectivity index (χ0v) is 18.4. The number of amides is 2. The Bertz CT molecular complexity index is 1130. The number of urea groups is 1. The Morgan fingerprint density at radius 1 is 1.12 bits per heavy atom. The van der Waals surface area contributed by atoms with Gasteiger partial charge in [0.25, 0.3) is 5.56 Å². The number of anilines is 1. The summed E-state index contributed by atoms with van der Waals surface area (Å²) in [6.07, 6.45) is 0. The molecule has 1 heterocycles. The first kappa shape index (κ1) is 23.4. The van der Waals surface area contributed by atoms with E-state index in [9.17, 15) is 14.0 Å². The summed E-state index contributed by atoms with van der Waals surface area (Å²) in [6, 6.07) is 11.9. The summed E-state index contributed by atoms with van der Waals surface area (Å²) in [5, 5.41) is 3.09. The van der Waals surface area contributed by atoms with Gasteiger partial charge < -0.3 is 19.7 Å². The van der Waals surface area contributed by atoms with E-state index in [1.54, 1.807) is 50.4 Å². The lowest BCUT2D eigenvalue weighted by molar-refractivity contribution is 0.134. The van der Waals surface area contributed by atoms with Gasteiger partial charge in [0.2, 0.25) is 0 Å². The van der Waals surface area contributed by atoms with Gasteiger partial charge >= 0.3 is 6.03 Å². The maximum Gasteiger partial charge on any atom is 0.322 e. The van der Waals surface area contributed by atoms with Crippen LogP contribution in [0.5, 0.6) is 0 Å². The number of hydrogen-bond acceptors (Lipinski definition) is 5. The van der Waals surface area contributed by atoms with Crippen molar-refractivity contribution >= 4 is 22.6 Å². The van der Waals surface area contributed by atoms with E-state index in [2.05, 4.69) is 5.32 Å². The number of carbonyl (C=O) groups excluding carboxylic acids is 1. The summed E-state index contributed by atoms with van der Waals surface area (Å²) in [6.45, 7) is 2.82. The Labute approximate surface area is 185 Å². The first-order valence-electron chi connectivity index (χ1n) is 10.3. The number of nitrogens with zero attached hydrogens (tertiary/aromatic N) is 3. The zero-order valence-electron chi connectivity index (χ0n) is 18.4. The van der Waals surface area contributed by atoms with Crippen molar-refractivity contribution < 1.29 is 18.7 Å². The molecule has 1 N–H and O–H groups in total. The van der Waals surface area contributed by atoms with Crippen LogP contribution >= 0.6 is 0 Å². The number of ether oxygens (including phenoxy) is 2. The second-order valence-corrected chi connectivity index (χ2v) is 7.21. The van der Waals surface area contributed by atoms with Crippen molar-refractivity contribution in [2.75, 3.05) is 39.3 Å². The largest absolute Gasteiger partial charge is 0.383 e. The molecule has 3 rings (SSSR count). The molecule has 0 aliphatic heterocycles. The van der Waals surface area contributed by atoms with Gasteiger partial charge in [0, 0.05) is 20.8 Å². The molecule has 0 aliphatic rings. The lowest BCUT2D eigenvalue weighted by Crippen LogP contribution is -2.42. The molecular weight excluding hydrogens is 415 g/mol. The molecule has 0 saturated carbocycles. The van der Waals surface area contributed by atoms with E-state index in [0.717, 1.165) is 0 Å². The quantitative estimate of drug-likeness (QED) is 0.549. The highest BCUT2D eigenvalue weighted by Crippen LogP contribution is 2.22. The van der Waals surface area contributed by atoms with Crippen LogP contribution in [0.2, 0.25) is 0 Å². The van der Waals surface area contributed by atoms with Crippen LogP contribution < -0.4 is 10.9 Å². The summed E-state index contributed by atoms with van der Waals surface area (Å²) in [4.78, 5) is 32.5. The minimum Gasteiger partial charge on any atom is -0.383 e. The van der Waals surface area contributed by atoms with Crippen LogP contribution in [0.25, 0.3) is 10.9 Å². The van der Waals surface area contributed by atoms with Gasteiger partial charge in [-0.2, -0.15) is 0 Å². The second-order valence-electron chi connectivity index (χ2n) is 7.21. The molecule has 1 unspecified atom stereocenters. The number of para-hydroxylation sites is 2. The number of methoxy groups -OCH3 is 2. The van der Waals surface area contributed by atoms with Gasteiger partial charge in [-0.3, -0.25) is 9.36 Å². The van der Waals surface area contributed by atoms with E-state index in [4.69, 9.17) is 14.5 Å². The molecule has 0 aliphatic carbocycles. The van der Waals surface area contributed by atoms with Crippen LogP contribution in [0, 0.1) is 5.82 Å². The molecular formula is C23H27FN4O4. The fourth-order valence-corrected chi connectivity index (χ4v) is 3.45. The molecule has 2 aromatic carbocycles. The second kappa shape index (κ2) is 10.8. The van der Waals surface area contributed by atoms with Gasteiger partial charge in [-0.05, 0) is 31.2 Å². The van der Waals surface area contributed by atoms with Gasteiger partial charge in [-0.25, -0.2) is 14.2 Å². The molecule has 0 bridgehead atoms. The first-order chi connectivity index (χ1) is 15.5. The summed E-state index contributed by atoms with van der Waals surface area (Å²) in [5.74, 6) is -0.133. The molecule has 0 saturated heterocycles. The smallest absolute Gasteiger partial charge is 0.322 e. The van der Waals surface area contributed by atoms with E-state index in [0.29, 0.717) is 23.3 Å². The lowest BCUT2D eigenvalue weighted by Gasteiger charge is -2.30. The van der Waals surface area contributed by atoms with Gasteiger partial charge in [0.05, 0.1) is 42.4 Å². The number of fused-ring (bicyclic) bond motifs is 1. The number of nitrogens with one attached hydrogen (secondary N) is 1. The third-order valence-electron chi connectivity index (χ3n) is 5.16. The van der Waals surface area contributed by atoms with Gasteiger partial charge in [-0.1, -0.05) is 24.3 Å². The predicted molar refractivity (Wildman–Crippen MR) is 120 cm³/mol. The fourth-order valence-electron chi connectivity index (χ4n) is 3.45. The van der Waals surface area contributed by atoms with Crippen LogP contribution in [-0.2, 0) is 16.0 Å². The maximum absolute atomic E-state index is 14.1. The Balaban J connectivity index is 2.03. The third-order valence-corrected chi connectivity index (χ3v) is 5.16. The molecule has 1 aromatic heterocycles. The van der Waals surface area contributed by atoms with Crippen LogP contribution in [0.15, 0.2) is 53.3 Å². The fraction of sp³-hybridized carbons (Fsp3) is 0.348. The maximum atomic E-state index is 14.1. The van der Waals surface area contributed by atoms with Crippen molar-refractivity contribution in [2.24, 2.45) is 0 Å². The summed E-state index contributed by atoms with van der Waals surface area (Å²) in [5.41, 5.74) is 0.389. The first-order valence-corrected chi connectivity index (χ1v) is 10.3. The molecule has 8 nitrogen and oxygen atoms in total. The van der Waals surface area contributed by atoms with Crippen LogP contribution in [0.1, 0.15) is 18.8 Å². The summed E-state index contributed by atoms with van der Waals surface area (Å²) >= 11 is 0. The van der Waals surface area contributed by atoms with Gasteiger partial charge in [0.1, 0.15) is 11.6 Å². The average Bonchev–Trinajstić information content (AvgIpc) is 2.80. The molecule has 0 radical (unpaired) electrons. The van der Waals surface area contributed by atoms with Crippen molar-refractivity contribution in [3.05, 3.63) is 70.5 Å². The highest BCUT2D eigenvalue weighted by Gasteiger charge is 2.26. The van der Waals surface area contributed by atoms with Crippen LogP contribution in [0.4, 0.5) is 14.9 Å². The standard InChI is InChI=1S/C23H27FN4O4/c1-16(27(12-14-31-2)23(30)26-20-11-7-5-9-18(20)24)21-25-19-10-6-4-8-17(19)22(29)28(21)13-15-32-3/h4-11,16H,12-15H2,1-3H3,(H,26,30). The molecule has 9 heteroatoms. The monoisotopic (exact) mass is 442 g/mol. The van der Waals surface area contributed by atoms with Crippen LogP contribution in [-0.4, -0.2) is 54.5 Å². The Morgan fingerprint density at radius 2 is 1.81 bits per heavy atom. The Morgan fingerprint density at radius 3 is 2.53 bits per heavy atom. The number of carbonyl (C=O) groups is 1. The van der Waals surface area contributed by atoms with Gasteiger partial charge in [-0.15, -0.1) is 0 Å². The van der Waals surface area contributed by atoms with E-state index >= 15 is 0 Å². The normalized spacial score (nSPS) is 12.0. The molecule has 0 fully saturated rings. The lowest BCUT2D eigenvalue weighted by atomic mass is 10.2. The Hall–Kier alpha value is -3.30. The van der Waals surface area contributed by atoms with Crippen molar-refractivity contribution in [2.45, 2.75) is 19.5 Å². The summed E-state index contributed by atoms with van der Waals surface area (Å²) in [7, 11) is 3.08. The van der Waals surface area contributed by atoms with Gasteiger partial charge in [0.15, 0.2) is 0 Å². The van der Waals surface area contributed by atoms with E-state index in [1.807, 2.05) is 0 Å². The minimum absolute atomic E-state index is 0.0651. The number of hydrogen-bond donors (Lipinski definition) is 1. The zero-order chi connectivity index (χ0) is 23.1. The highest BCUT2D eigenvalue weighted by atomic mass is 19.1. The average molecular weight is 442 g/mol. The minimum atomic E-state index is -0.605. The third kappa shape index (κ3) is 5.12. The number of benzene rings is 2. The number of halogens is 1. The Kier molecular flexibility index (Phi) is 7.91. The molecule has 32 heavy (non-hydrogen) atoms. The summed E-state index contributed by atoms with van der Waals surface area (Å²) < 4.78 is 25.9. The predicted octanol–water partition coefficient (Wildman–Crippen LogP) is 3.42. The SMILES string of the molecule is COCCN(C(=O)Nc1ccccc1F)C(C)c1nc2ccccc2c(=O)n1CCOC. The van der Waals surface area contributed by atoms with Crippen molar-refractivity contribution in [1.82, 2.24) is 14.5 Å². The van der Waals surface area contributed by atoms with Crippen molar-refractivity contribution in [1.29, 1.82) is 0 Å². The van der Waals surface area contributed by atoms with Crippen LogP contribution in [0.3, 0.4) is 0 Å². The molecule has 1 atom stereocenters. The molecule has 170 valence electrons. The molecule has 0 spiro atoms.